The molecule has 0 spiro atoms. The lowest BCUT2D eigenvalue weighted by Crippen LogP contribution is -2.28. The Hall–Kier alpha value is -1.92. The van der Waals surface area contributed by atoms with E-state index in [4.69, 9.17) is 4.74 Å². The van der Waals surface area contributed by atoms with Crippen molar-refractivity contribution >= 4 is 10.0 Å². The van der Waals surface area contributed by atoms with Crippen molar-refractivity contribution in [3.8, 4) is 5.75 Å². The topological polar surface area (TPSA) is 55.4 Å². The third-order valence-electron chi connectivity index (χ3n) is 3.12. The molecule has 0 amide bonds. The Morgan fingerprint density at radius 1 is 1.05 bits per heavy atom. The number of ether oxygens (including phenoxy) is 1. The first-order valence-corrected chi connectivity index (χ1v) is 8.46. The average molecular weight is 323 g/mol. The Morgan fingerprint density at radius 3 is 2.27 bits per heavy atom. The lowest BCUT2D eigenvalue weighted by molar-refractivity contribution is 0.322. The maximum Gasteiger partial charge on any atom is 0.240 e. The van der Waals surface area contributed by atoms with E-state index in [2.05, 4.69) is 11.6 Å². The molecule has 2 rings (SSSR count). The summed E-state index contributed by atoms with van der Waals surface area (Å²) in [7, 11) is -3.64. The minimum Gasteiger partial charge on any atom is -0.492 e. The molecule has 0 aromatic heterocycles. The number of rotatable bonds is 7. The first kappa shape index (κ1) is 16.5. The second-order valence-electron chi connectivity index (χ2n) is 4.70. The minimum absolute atomic E-state index is 0.0289. The van der Waals surface area contributed by atoms with Gasteiger partial charge >= 0.3 is 0 Å². The van der Waals surface area contributed by atoms with Crippen LogP contribution in [-0.2, 0) is 16.4 Å². The first-order chi connectivity index (χ1) is 10.5. The Balaban J connectivity index is 1.83. The van der Waals surface area contributed by atoms with Gasteiger partial charge in [0, 0.05) is 6.54 Å². The Morgan fingerprint density at radius 2 is 1.68 bits per heavy atom. The second-order valence-corrected chi connectivity index (χ2v) is 6.46. The third-order valence-corrected chi connectivity index (χ3v) is 4.60. The molecule has 0 heterocycles. The van der Waals surface area contributed by atoms with E-state index in [1.807, 2.05) is 24.3 Å². The molecular formula is C16H18FNO3S. The Bertz CT molecular complexity index is 697. The molecule has 0 unspecified atom stereocenters. The van der Waals surface area contributed by atoms with Crippen molar-refractivity contribution in [1.29, 1.82) is 0 Å². The lowest BCUT2D eigenvalue weighted by atomic mass is 10.2. The molecule has 0 saturated heterocycles. The SMILES string of the molecule is CCc1ccc(OCCNS(=O)(=O)c2ccc(F)cc2)cc1. The second kappa shape index (κ2) is 7.38. The highest BCUT2D eigenvalue weighted by atomic mass is 32.2. The van der Waals surface area contributed by atoms with Gasteiger partial charge in [-0.2, -0.15) is 0 Å². The predicted molar refractivity (Wildman–Crippen MR) is 82.9 cm³/mol. The zero-order chi connectivity index (χ0) is 16.0. The van der Waals surface area contributed by atoms with Crippen LogP contribution in [0.4, 0.5) is 4.39 Å². The molecule has 0 radical (unpaired) electrons. The van der Waals surface area contributed by atoms with E-state index >= 15 is 0 Å². The van der Waals surface area contributed by atoms with Gasteiger partial charge in [0.25, 0.3) is 0 Å². The summed E-state index contributed by atoms with van der Waals surface area (Å²) < 4.78 is 44.6. The fraction of sp³-hybridized carbons (Fsp3) is 0.250. The predicted octanol–water partition coefficient (Wildman–Crippen LogP) is 2.75. The van der Waals surface area contributed by atoms with E-state index in [1.54, 1.807) is 0 Å². The van der Waals surface area contributed by atoms with Gasteiger partial charge in [-0.3, -0.25) is 0 Å². The summed E-state index contributed by atoms with van der Waals surface area (Å²) in [6, 6.07) is 12.3. The van der Waals surface area contributed by atoms with Crippen molar-refractivity contribution in [2.24, 2.45) is 0 Å². The number of sulfonamides is 1. The van der Waals surface area contributed by atoms with E-state index < -0.39 is 15.8 Å². The van der Waals surface area contributed by atoms with Crippen LogP contribution in [0.5, 0.6) is 5.75 Å². The van der Waals surface area contributed by atoms with Gasteiger partial charge in [-0.1, -0.05) is 19.1 Å². The van der Waals surface area contributed by atoms with Crippen LogP contribution in [0.2, 0.25) is 0 Å². The molecule has 0 aliphatic carbocycles. The van der Waals surface area contributed by atoms with Crippen LogP contribution in [0.3, 0.4) is 0 Å². The van der Waals surface area contributed by atoms with Gasteiger partial charge in [0.1, 0.15) is 18.2 Å². The number of halogens is 1. The van der Waals surface area contributed by atoms with Gasteiger partial charge < -0.3 is 4.74 Å². The molecule has 4 nitrogen and oxygen atoms in total. The van der Waals surface area contributed by atoms with E-state index in [1.165, 1.54) is 17.7 Å². The van der Waals surface area contributed by atoms with Crippen molar-refractivity contribution in [3.05, 3.63) is 59.9 Å². The zero-order valence-corrected chi connectivity index (χ0v) is 13.1. The molecule has 0 atom stereocenters. The van der Waals surface area contributed by atoms with Crippen LogP contribution < -0.4 is 9.46 Å². The van der Waals surface area contributed by atoms with Gasteiger partial charge in [-0.15, -0.1) is 0 Å². The largest absolute Gasteiger partial charge is 0.492 e. The summed E-state index contributed by atoms with van der Waals surface area (Å²) in [5.41, 5.74) is 1.21. The number of aryl methyl sites for hydroxylation is 1. The number of hydrogen-bond donors (Lipinski definition) is 1. The monoisotopic (exact) mass is 323 g/mol. The Labute approximate surface area is 130 Å². The van der Waals surface area contributed by atoms with Crippen LogP contribution >= 0.6 is 0 Å². The van der Waals surface area contributed by atoms with Crippen molar-refractivity contribution < 1.29 is 17.5 Å². The number of nitrogens with one attached hydrogen (secondary N) is 1. The van der Waals surface area contributed by atoms with Crippen LogP contribution in [0.25, 0.3) is 0 Å². The van der Waals surface area contributed by atoms with Gasteiger partial charge in [-0.05, 0) is 48.4 Å². The summed E-state index contributed by atoms with van der Waals surface area (Å²) >= 11 is 0. The van der Waals surface area contributed by atoms with Gasteiger partial charge in [-0.25, -0.2) is 17.5 Å². The molecule has 1 N–H and O–H groups in total. The van der Waals surface area contributed by atoms with E-state index in [-0.39, 0.29) is 18.0 Å². The van der Waals surface area contributed by atoms with Gasteiger partial charge in [0.2, 0.25) is 10.0 Å². The highest BCUT2D eigenvalue weighted by Gasteiger charge is 2.13. The summed E-state index contributed by atoms with van der Waals surface area (Å²) in [4.78, 5) is 0.0289. The number of hydrogen-bond acceptors (Lipinski definition) is 3. The maximum absolute atomic E-state index is 12.8. The van der Waals surface area contributed by atoms with Crippen LogP contribution in [0.15, 0.2) is 53.4 Å². The van der Waals surface area contributed by atoms with E-state index in [0.29, 0.717) is 5.75 Å². The fourth-order valence-electron chi connectivity index (χ4n) is 1.86. The van der Waals surface area contributed by atoms with E-state index in [9.17, 15) is 12.8 Å². The summed E-state index contributed by atoms with van der Waals surface area (Å²) in [5, 5.41) is 0. The van der Waals surface area contributed by atoms with Crippen molar-refractivity contribution in [2.45, 2.75) is 18.2 Å². The summed E-state index contributed by atoms with van der Waals surface area (Å²) in [6.07, 6.45) is 0.956. The normalized spacial score (nSPS) is 11.4. The van der Waals surface area contributed by atoms with Crippen LogP contribution in [0, 0.1) is 5.82 Å². The smallest absolute Gasteiger partial charge is 0.240 e. The standard InChI is InChI=1S/C16H18FNO3S/c1-2-13-3-7-15(8-4-13)21-12-11-18-22(19,20)16-9-5-14(17)6-10-16/h3-10,18H,2,11-12H2,1H3. The zero-order valence-electron chi connectivity index (χ0n) is 12.3. The van der Waals surface area contributed by atoms with Gasteiger partial charge in [0.05, 0.1) is 4.90 Å². The highest BCUT2D eigenvalue weighted by Crippen LogP contribution is 2.12. The molecule has 0 fully saturated rings. The van der Waals surface area contributed by atoms with Crippen LogP contribution in [-0.4, -0.2) is 21.6 Å². The Kier molecular flexibility index (Phi) is 5.51. The maximum atomic E-state index is 12.8. The molecular weight excluding hydrogens is 305 g/mol. The van der Waals surface area contributed by atoms with Crippen molar-refractivity contribution in [1.82, 2.24) is 4.72 Å². The van der Waals surface area contributed by atoms with E-state index in [0.717, 1.165) is 18.6 Å². The first-order valence-electron chi connectivity index (χ1n) is 6.98. The quantitative estimate of drug-likeness (QED) is 0.797. The summed E-state index contributed by atoms with van der Waals surface area (Å²) in [5.74, 6) is 0.219. The number of benzene rings is 2. The lowest BCUT2D eigenvalue weighted by Gasteiger charge is -2.09. The highest BCUT2D eigenvalue weighted by molar-refractivity contribution is 7.89. The molecule has 118 valence electrons. The molecule has 2 aromatic rings. The average Bonchev–Trinajstić information content (AvgIpc) is 2.52. The summed E-state index contributed by atoms with van der Waals surface area (Å²) in [6.45, 7) is 2.42. The van der Waals surface area contributed by atoms with Crippen molar-refractivity contribution in [2.75, 3.05) is 13.2 Å². The fourth-order valence-corrected chi connectivity index (χ4v) is 2.88. The molecule has 2 aromatic carbocycles. The molecule has 0 saturated carbocycles. The molecule has 0 aliphatic rings. The molecule has 0 bridgehead atoms. The van der Waals surface area contributed by atoms with Crippen LogP contribution in [0.1, 0.15) is 12.5 Å². The molecule has 0 aliphatic heterocycles. The molecule has 6 heteroatoms. The minimum atomic E-state index is -3.64. The molecule has 22 heavy (non-hydrogen) atoms. The van der Waals surface area contributed by atoms with Crippen molar-refractivity contribution in [3.63, 3.8) is 0 Å². The van der Waals surface area contributed by atoms with Gasteiger partial charge in [0.15, 0.2) is 0 Å². The third kappa shape index (κ3) is 4.54.